The van der Waals surface area contributed by atoms with E-state index < -0.39 is 0 Å². The molecule has 0 atom stereocenters. The number of aromatic nitrogens is 3. The quantitative estimate of drug-likeness (QED) is 0.158. The van der Waals surface area contributed by atoms with Crippen molar-refractivity contribution in [3.05, 3.63) is 59.1 Å². The first-order chi connectivity index (χ1) is 16.5. The van der Waals surface area contributed by atoms with Crippen LogP contribution in [0.25, 0.3) is 11.4 Å². The van der Waals surface area contributed by atoms with E-state index in [-0.39, 0.29) is 17.4 Å². The second kappa shape index (κ2) is 13.3. The van der Waals surface area contributed by atoms with Gasteiger partial charge in [-0.05, 0) is 61.9 Å². The van der Waals surface area contributed by atoms with Crippen LogP contribution in [0.2, 0.25) is 5.02 Å². The fraction of sp³-hybridized carbons (Fsp3) is 0.385. The highest BCUT2D eigenvalue weighted by molar-refractivity contribution is 7.99. The fourth-order valence-corrected chi connectivity index (χ4v) is 4.47. The highest BCUT2D eigenvalue weighted by Crippen LogP contribution is 2.26. The zero-order chi connectivity index (χ0) is 24.3. The molecule has 0 spiro atoms. The van der Waals surface area contributed by atoms with E-state index in [2.05, 4.69) is 27.0 Å². The molecule has 1 heterocycles. The SMILES string of the molecule is CCCCCCCCn1c(SCC(=O)Nc2ccc(C(C)=O)cc2)nnc1-c1ccc(Cl)cc1. The summed E-state index contributed by atoms with van der Waals surface area (Å²) in [4.78, 5) is 23.9. The van der Waals surface area contributed by atoms with Gasteiger partial charge >= 0.3 is 0 Å². The van der Waals surface area contributed by atoms with E-state index in [4.69, 9.17) is 11.6 Å². The number of rotatable bonds is 13. The van der Waals surface area contributed by atoms with Gasteiger partial charge in [-0.1, -0.05) is 62.4 Å². The maximum absolute atomic E-state index is 12.5. The first-order valence-corrected chi connectivity index (χ1v) is 13.1. The van der Waals surface area contributed by atoms with E-state index in [1.165, 1.54) is 44.4 Å². The minimum absolute atomic E-state index is 0.00498. The summed E-state index contributed by atoms with van der Waals surface area (Å²) in [7, 11) is 0. The van der Waals surface area contributed by atoms with Crippen molar-refractivity contribution in [2.24, 2.45) is 0 Å². The van der Waals surface area contributed by atoms with Gasteiger partial charge in [0.2, 0.25) is 5.91 Å². The molecule has 0 bridgehead atoms. The monoisotopic (exact) mass is 498 g/mol. The van der Waals surface area contributed by atoms with Gasteiger partial charge in [-0.25, -0.2) is 0 Å². The Morgan fingerprint density at radius 3 is 2.29 bits per heavy atom. The third kappa shape index (κ3) is 7.71. The summed E-state index contributed by atoms with van der Waals surface area (Å²) in [6.07, 6.45) is 7.17. The molecule has 1 amide bonds. The lowest BCUT2D eigenvalue weighted by Gasteiger charge is -2.11. The number of thioether (sulfide) groups is 1. The lowest BCUT2D eigenvalue weighted by Crippen LogP contribution is -2.15. The Kier molecular flexibility index (Phi) is 10.2. The average Bonchev–Trinajstić information content (AvgIpc) is 3.23. The van der Waals surface area contributed by atoms with Gasteiger partial charge in [-0.3, -0.25) is 9.59 Å². The fourth-order valence-electron chi connectivity index (χ4n) is 3.58. The first-order valence-electron chi connectivity index (χ1n) is 11.7. The van der Waals surface area contributed by atoms with Crippen LogP contribution < -0.4 is 5.32 Å². The highest BCUT2D eigenvalue weighted by Gasteiger charge is 2.16. The molecule has 3 rings (SSSR count). The van der Waals surface area contributed by atoms with Crippen LogP contribution in [-0.4, -0.2) is 32.2 Å². The Morgan fingerprint density at radius 2 is 1.62 bits per heavy atom. The van der Waals surface area contributed by atoms with E-state index in [1.807, 2.05) is 24.3 Å². The molecule has 1 aromatic heterocycles. The van der Waals surface area contributed by atoms with Crippen LogP contribution in [0.4, 0.5) is 5.69 Å². The minimum Gasteiger partial charge on any atom is -0.325 e. The number of hydrogen-bond donors (Lipinski definition) is 1. The van der Waals surface area contributed by atoms with Crippen molar-refractivity contribution < 1.29 is 9.59 Å². The van der Waals surface area contributed by atoms with Gasteiger partial charge in [0.1, 0.15) is 0 Å². The highest BCUT2D eigenvalue weighted by atomic mass is 35.5. The number of benzene rings is 2. The minimum atomic E-state index is -0.136. The van der Waals surface area contributed by atoms with Crippen molar-refractivity contribution in [2.45, 2.75) is 64.1 Å². The van der Waals surface area contributed by atoms with Gasteiger partial charge in [0.25, 0.3) is 0 Å². The summed E-state index contributed by atoms with van der Waals surface area (Å²) >= 11 is 7.43. The van der Waals surface area contributed by atoms with E-state index >= 15 is 0 Å². The largest absolute Gasteiger partial charge is 0.325 e. The lowest BCUT2D eigenvalue weighted by molar-refractivity contribution is -0.113. The molecule has 180 valence electrons. The number of unbranched alkanes of at least 4 members (excludes halogenated alkanes) is 5. The van der Waals surface area contributed by atoms with Crippen molar-refractivity contribution in [1.29, 1.82) is 0 Å². The van der Waals surface area contributed by atoms with E-state index in [9.17, 15) is 9.59 Å². The van der Waals surface area contributed by atoms with E-state index in [0.29, 0.717) is 16.3 Å². The molecule has 1 N–H and O–H groups in total. The van der Waals surface area contributed by atoms with Crippen LogP contribution in [-0.2, 0) is 11.3 Å². The van der Waals surface area contributed by atoms with Crippen molar-refractivity contribution in [1.82, 2.24) is 14.8 Å². The zero-order valence-corrected chi connectivity index (χ0v) is 21.3. The van der Waals surface area contributed by atoms with Gasteiger partial charge in [-0.2, -0.15) is 0 Å². The van der Waals surface area contributed by atoms with Crippen molar-refractivity contribution in [3.8, 4) is 11.4 Å². The van der Waals surface area contributed by atoms with Crippen molar-refractivity contribution in [3.63, 3.8) is 0 Å². The van der Waals surface area contributed by atoms with E-state index in [1.54, 1.807) is 24.3 Å². The summed E-state index contributed by atoms with van der Waals surface area (Å²) < 4.78 is 2.10. The zero-order valence-electron chi connectivity index (χ0n) is 19.7. The summed E-state index contributed by atoms with van der Waals surface area (Å²) in [6, 6.07) is 14.5. The molecule has 8 heteroatoms. The molecule has 0 saturated carbocycles. The third-order valence-corrected chi connectivity index (χ3v) is 6.68. The summed E-state index contributed by atoms with van der Waals surface area (Å²) in [5.74, 6) is 0.856. The number of anilines is 1. The number of carbonyl (C=O) groups is 2. The Balaban J connectivity index is 1.65. The molecule has 0 saturated heterocycles. The molecule has 0 aliphatic heterocycles. The van der Waals surface area contributed by atoms with Crippen LogP contribution in [0.5, 0.6) is 0 Å². The average molecular weight is 499 g/mol. The van der Waals surface area contributed by atoms with Crippen LogP contribution in [0.15, 0.2) is 53.7 Å². The second-order valence-corrected chi connectivity index (χ2v) is 9.58. The van der Waals surface area contributed by atoms with Crippen molar-refractivity contribution in [2.75, 3.05) is 11.1 Å². The Hall–Kier alpha value is -2.64. The van der Waals surface area contributed by atoms with Crippen LogP contribution in [0.1, 0.15) is 62.7 Å². The lowest BCUT2D eigenvalue weighted by atomic mass is 10.1. The van der Waals surface area contributed by atoms with Crippen molar-refractivity contribution >= 4 is 40.7 Å². The number of hydrogen-bond acceptors (Lipinski definition) is 5. The molecule has 0 unspecified atom stereocenters. The summed E-state index contributed by atoms with van der Waals surface area (Å²) in [5, 5.41) is 13.1. The predicted octanol–water partition coefficient (Wildman–Crippen LogP) is 6.89. The number of carbonyl (C=O) groups excluding carboxylic acids is 2. The number of halogens is 1. The summed E-state index contributed by atoms with van der Waals surface area (Å²) in [6.45, 7) is 4.54. The molecule has 3 aromatic rings. The molecule has 0 aliphatic rings. The van der Waals surface area contributed by atoms with E-state index in [0.717, 1.165) is 35.9 Å². The molecule has 6 nitrogen and oxygen atoms in total. The number of ketones is 1. The first kappa shape index (κ1) is 26.0. The number of nitrogens with one attached hydrogen (secondary N) is 1. The molecular weight excluding hydrogens is 468 g/mol. The third-order valence-electron chi connectivity index (χ3n) is 5.46. The Bertz CT molecular complexity index is 1080. The Morgan fingerprint density at radius 1 is 0.941 bits per heavy atom. The van der Waals surface area contributed by atoms with Gasteiger partial charge in [0.15, 0.2) is 16.8 Å². The molecule has 0 aliphatic carbocycles. The van der Waals surface area contributed by atoms with Gasteiger partial charge in [0, 0.05) is 28.4 Å². The smallest absolute Gasteiger partial charge is 0.234 e. The van der Waals surface area contributed by atoms with Gasteiger partial charge in [-0.15, -0.1) is 10.2 Å². The molecule has 2 aromatic carbocycles. The molecular formula is C26H31ClN4O2S. The van der Waals surface area contributed by atoms with Gasteiger partial charge < -0.3 is 9.88 Å². The predicted molar refractivity (Wildman–Crippen MR) is 140 cm³/mol. The molecule has 0 fully saturated rings. The van der Waals surface area contributed by atoms with Crippen LogP contribution in [0, 0.1) is 0 Å². The molecule has 0 radical (unpaired) electrons. The standard InChI is InChI=1S/C26H31ClN4O2S/c1-3-4-5-6-7-8-17-31-25(21-9-13-22(27)14-10-21)29-30-26(31)34-18-24(33)28-23-15-11-20(12-16-23)19(2)32/h9-16H,3-8,17-18H2,1-2H3,(H,28,33). The van der Waals surface area contributed by atoms with Gasteiger partial charge in [0.05, 0.1) is 5.75 Å². The maximum Gasteiger partial charge on any atom is 0.234 e. The normalized spacial score (nSPS) is 10.9. The number of Topliss-reactive ketones (excluding diaryl/α,β-unsaturated/α-hetero) is 1. The maximum atomic E-state index is 12.5. The van der Waals surface area contributed by atoms with Crippen LogP contribution >= 0.6 is 23.4 Å². The topological polar surface area (TPSA) is 76.9 Å². The second-order valence-electron chi connectivity index (χ2n) is 8.20. The summed E-state index contributed by atoms with van der Waals surface area (Å²) in [5.41, 5.74) is 2.22. The number of nitrogens with zero attached hydrogens (tertiary/aromatic N) is 3. The number of amides is 1. The Labute approximate surface area is 210 Å². The molecule has 34 heavy (non-hydrogen) atoms. The van der Waals surface area contributed by atoms with Crippen LogP contribution in [0.3, 0.4) is 0 Å².